The summed E-state index contributed by atoms with van der Waals surface area (Å²) in [7, 11) is -3.96. The van der Waals surface area contributed by atoms with Crippen LogP contribution in [-0.4, -0.2) is 18.9 Å². The van der Waals surface area contributed by atoms with Gasteiger partial charge in [-0.05, 0) is 0 Å². The lowest BCUT2D eigenvalue weighted by Crippen LogP contribution is -2.18. The third-order valence-corrected chi connectivity index (χ3v) is 1.93. The maximum Gasteiger partial charge on any atom is 0.439 e. The molecule has 0 saturated carbocycles. The van der Waals surface area contributed by atoms with Crippen LogP contribution < -0.4 is 0 Å². The second-order valence-corrected chi connectivity index (χ2v) is 3.38. The largest absolute Gasteiger partial charge is 0.439 e. The van der Waals surface area contributed by atoms with Crippen LogP contribution in [0.5, 0.6) is 0 Å². The molecule has 0 rings (SSSR count). The van der Waals surface area contributed by atoms with Gasteiger partial charge in [0, 0.05) is 7.11 Å². The highest BCUT2D eigenvalue weighted by Gasteiger charge is 2.58. The van der Waals surface area contributed by atoms with Crippen molar-refractivity contribution >= 4 is 8.15 Å². The van der Waals surface area contributed by atoms with Crippen molar-refractivity contribution in [2.45, 2.75) is 11.8 Å². The van der Waals surface area contributed by atoms with Crippen molar-refractivity contribution < 1.29 is 30.9 Å². The zero-order valence-electron chi connectivity index (χ0n) is 5.12. The molecule has 0 aliphatic rings. The van der Waals surface area contributed by atoms with Gasteiger partial charge in [-0.15, -0.1) is 0 Å². The number of alkyl halides is 6. The van der Waals surface area contributed by atoms with Crippen molar-refractivity contribution in [1.29, 1.82) is 0 Å². The summed E-state index contributed by atoms with van der Waals surface area (Å²) in [4.78, 5) is 0. The minimum Gasteiger partial charge on any atom is -0.347 e. The van der Waals surface area contributed by atoms with E-state index in [-0.39, 0.29) is 0 Å². The summed E-state index contributed by atoms with van der Waals surface area (Å²) in [6.45, 7) is 0. The van der Waals surface area contributed by atoms with Crippen LogP contribution in [0.2, 0.25) is 0 Å². The summed E-state index contributed by atoms with van der Waals surface area (Å²) < 4.78 is 71.7. The second-order valence-electron chi connectivity index (χ2n) is 1.41. The normalized spacial score (nSPS) is 14.2. The lowest BCUT2D eigenvalue weighted by molar-refractivity contribution is -0.0965. The fourth-order valence-electron chi connectivity index (χ4n) is 0.351. The molecule has 0 atom stereocenters. The molecule has 68 valence electrons. The first kappa shape index (κ1) is 11.0. The van der Waals surface area contributed by atoms with Crippen molar-refractivity contribution in [3.63, 3.8) is 0 Å². The van der Waals surface area contributed by atoms with E-state index in [9.17, 15) is 26.3 Å². The quantitative estimate of drug-likeness (QED) is 0.466. The molecule has 0 bridgehead atoms. The molecule has 0 saturated heterocycles. The standard InChI is InChI=1S/C3H3F6OP/c1-10-11(2(4,5)6)3(7,8)9/h1H3. The Morgan fingerprint density at radius 1 is 0.909 bits per heavy atom. The zero-order valence-corrected chi connectivity index (χ0v) is 6.02. The molecule has 0 unspecified atom stereocenters. The Hall–Kier alpha value is -0.0300. The highest BCUT2D eigenvalue weighted by atomic mass is 31.1. The Bertz CT molecular complexity index is 113. The summed E-state index contributed by atoms with van der Waals surface area (Å²) in [5.74, 6) is -10.7. The monoisotopic (exact) mass is 200 g/mol. The Morgan fingerprint density at radius 2 is 1.18 bits per heavy atom. The van der Waals surface area contributed by atoms with E-state index in [1.807, 2.05) is 0 Å². The SMILES string of the molecule is COP(C(F)(F)F)C(F)(F)F. The van der Waals surface area contributed by atoms with Crippen LogP contribution in [0.25, 0.3) is 0 Å². The van der Waals surface area contributed by atoms with E-state index in [2.05, 4.69) is 4.52 Å². The molecule has 0 aliphatic carbocycles. The topological polar surface area (TPSA) is 9.23 Å². The zero-order chi connectivity index (χ0) is 9.28. The predicted molar refractivity (Wildman–Crippen MR) is 26.0 cm³/mol. The van der Waals surface area contributed by atoms with Gasteiger partial charge in [-0.2, -0.15) is 26.3 Å². The fraction of sp³-hybridized carbons (Fsp3) is 1.00. The second kappa shape index (κ2) is 3.15. The van der Waals surface area contributed by atoms with Gasteiger partial charge < -0.3 is 4.52 Å². The molecule has 0 amide bonds. The minimum absolute atomic E-state index is 0.382. The number of hydrogen-bond donors (Lipinski definition) is 0. The Morgan fingerprint density at radius 3 is 1.18 bits per heavy atom. The van der Waals surface area contributed by atoms with Gasteiger partial charge in [0.05, 0.1) is 0 Å². The molecule has 0 fully saturated rings. The summed E-state index contributed by atoms with van der Waals surface area (Å²) in [5, 5.41) is 0. The summed E-state index contributed by atoms with van der Waals surface area (Å²) in [5.41, 5.74) is 0. The Balaban J connectivity index is 4.43. The van der Waals surface area contributed by atoms with E-state index in [0.29, 0.717) is 7.11 Å². The highest BCUT2D eigenvalue weighted by molar-refractivity contribution is 7.54. The molecule has 0 aliphatic heterocycles. The van der Waals surface area contributed by atoms with Crippen molar-refractivity contribution in [3.8, 4) is 0 Å². The van der Waals surface area contributed by atoms with Crippen LogP contribution in [0, 0.1) is 0 Å². The molecule has 0 radical (unpaired) electrons. The first-order valence-electron chi connectivity index (χ1n) is 2.17. The molecule has 0 N–H and O–H groups in total. The van der Waals surface area contributed by atoms with E-state index in [1.165, 1.54) is 0 Å². The molecule has 0 spiro atoms. The van der Waals surface area contributed by atoms with Crippen LogP contribution >= 0.6 is 8.15 Å². The highest BCUT2D eigenvalue weighted by Crippen LogP contribution is 2.64. The van der Waals surface area contributed by atoms with Gasteiger partial charge in [-0.1, -0.05) is 0 Å². The Kier molecular flexibility index (Phi) is 3.14. The molecule has 8 heteroatoms. The predicted octanol–water partition coefficient (Wildman–Crippen LogP) is 3.07. The van der Waals surface area contributed by atoms with Gasteiger partial charge in [-0.3, -0.25) is 0 Å². The molecule has 0 aromatic heterocycles. The van der Waals surface area contributed by atoms with E-state index in [0.717, 1.165) is 0 Å². The summed E-state index contributed by atoms with van der Waals surface area (Å²) in [6.07, 6.45) is 0. The van der Waals surface area contributed by atoms with Crippen LogP contribution in [0.15, 0.2) is 0 Å². The first-order valence-corrected chi connectivity index (χ1v) is 3.43. The number of halogens is 6. The van der Waals surface area contributed by atoms with Crippen LogP contribution in [0.3, 0.4) is 0 Å². The molecule has 0 heterocycles. The summed E-state index contributed by atoms with van der Waals surface area (Å²) >= 11 is 0. The van der Waals surface area contributed by atoms with Gasteiger partial charge in [-0.25, -0.2) is 0 Å². The van der Waals surface area contributed by atoms with Crippen molar-refractivity contribution in [3.05, 3.63) is 0 Å². The van der Waals surface area contributed by atoms with E-state index in [1.54, 1.807) is 0 Å². The Labute approximate surface area is 59.2 Å². The van der Waals surface area contributed by atoms with Gasteiger partial charge >= 0.3 is 11.8 Å². The van der Waals surface area contributed by atoms with Crippen LogP contribution in [0.4, 0.5) is 26.3 Å². The first-order chi connectivity index (χ1) is 4.69. The van der Waals surface area contributed by atoms with Gasteiger partial charge in [0.25, 0.3) is 8.15 Å². The van der Waals surface area contributed by atoms with Crippen molar-refractivity contribution in [2.24, 2.45) is 0 Å². The molecule has 11 heavy (non-hydrogen) atoms. The third-order valence-electron chi connectivity index (χ3n) is 0.643. The minimum atomic E-state index is -5.33. The molecule has 0 aromatic carbocycles. The van der Waals surface area contributed by atoms with E-state index in [4.69, 9.17) is 0 Å². The number of rotatable bonds is 1. The summed E-state index contributed by atoms with van der Waals surface area (Å²) in [6, 6.07) is 0. The maximum absolute atomic E-state index is 11.4. The van der Waals surface area contributed by atoms with Gasteiger partial charge in [0.15, 0.2) is 0 Å². The van der Waals surface area contributed by atoms with Gasteiger partial charge in [0.2, 0.25) is 0 Å². The van der Waals surface area contributed by atoms with Crippen molar-refractivity contribution in [2.75, 3.05) is 7.11 Å². The third kappa shape index (κ3) is 3.25. The lowest BCUT2D eigenvalue weighted by Gasteiger charge is -2.19. The molecule has 1 nitrogen and oxygen atoms in total. The van der Waals surface area contributed by atoms with E-state index >= 15 is 0 Å². The molecule has 0 aromatic rings. The maximum atomic E-state index is 11.4. The van der Waals surface area contributed by atoms with Crippen molar-refractivity contribution in [1.82, 2.24) is 0 Å². The van der Waals surface area contributed by atoms with E-state index < -0.39 is 20.0 Å². The fourth-order valence-corrected chi connectivity index (χ4v) is 1.05. The lowest BCUT2D eigenvalue weighted by atomic mass is 11.5. The van der Waals surface area contributed by atoms with Crippen LogP contribution in [-0.2, 0) is 4.52 Å². The van der Waals surface area contributed by atoms with Crippen LogP contribution in [0.1, 0.15) is 0 Å². The molecular formula is C3H3F6OP. The average molecular weight is 200 g/mol. The number of hydrogen-bond acceptors (Lipinski definition) is 1. The molecular weight excluding hydrogens is 197 g/mol. The smallest absolute Gasteiger partial charge is 0.347 e. The van der Waals surface area contributed by atoms with Gasteiger partial charge in [0.1, 0.15) is 0 Å². The average Bonchev–Trinajstić information content (AvgIpc) is 1.56.